The molecule has 192 valence electrons. The molecule has 3 N–H and O–H groups in total. The standard InChI is InChI=1S/C24H35N5O5S/c1-3-18-13-27-23(28-14-18)29-9-7-24(8-10-29)12-19(16-34-24)26-15-20(30)17-33-21-5-4-6-22(11-21)35(31,32)25-2/h4-6,11,13-14,19-20,25-26,30H,3,7-10,12,15-17H2,1-2H3/t19?,20-/m0/s1. The third kappa shape index (κ3) is 6.47. The maximum absolute atomic E-state index is 11.9. The molecule has 0 saturated carbocycles. The number of hydrogen-bond acceptors (Lipinski definition) is 9. The minimum absolute atomic E-state index is 0.0561. The van der Waals surface area contributed by atoms with Crippen molar-refractivity contribution in [1.82, 2.24) is 20.0 Å². The highest BCUT2D eigenvalue weighted by molar-refractivity contribution is 7.89. The van der Waals surface area contributed by atoms with E-state index < -0.39 is 16.1 Å². The highest BCUT2D eigenvalue weighted by atomic mass is 32.2. The van der Waals surface area contributed by atoms with Gasteiger partial charge in [-0.15, -0.1) is 0 Å². The smallest absolute Gasteiger partial charge is 0.240 e. The third-order valence-electron chi connectivity index (χ3n) is 6.74. The van der Waals surface area contributed by atoms with Crippen LogP contribution in [0, 0.1) is 0 Å². The molecule has 3 heterocycles. The van der Waals surface area contributed by atoms with Gasteiger partial charge in [0.15, 0.2) is 0 Å². The third-order valence-corrected chi connectivity index (χ3v) is 8.15. The van der Waals surface area contributed by atoms with Crippen molar-refractivity contribution in [3.63, 3.8) is 0 Å². The number of aromatic nitrogens is 2. The van der Waals surface area contributed by atoms with Crippen LogP contribution in [0.5, 0.6) is 5.75 Å². The van der Waals surface area contributed by atoms with E-state index in [9.17, 15) is 13.5 Å². The van der Waals surface area contributed by atoms with E-state index in [4.69, 9.17) is 9.47 Å². The summed E-state index contributed by atoms with van der Waals surface area (Å²) in [5.74, 6) is 1.17. The van der Waals surface area contributed by atoms with Crippen LogP contribution in [0.25, 0.3) is 0 Å². The fourth-order valence-electron chi connectivity index (χ4n) is 4.53. The lowest BCUT2D eigenvalue weighted by Crippen LogP contribution is -2.45. The molecular weight excluding hydrogens is 470 g/mol. The van der Waals surface area contributed by atoms with Gasteiger partial charge in [-0.25, -0.2) is 23.1 Å². The molecule has 2 atom stereocenters. The fraction of sp³-hybridized carbons (Fsp3) is 0.583. The van der Waals surface area contributed by atoms with Crippen LogP contribution in [0.4, 0.5) is 5.95 Å². The Bertz CT molecular complexity index is 1070. The number of sulfonamides is 1. The number of nitrogens with zero attached hydrogens (tertiary/aromatic N) is 3. The molecule has 2 aliphatic rings. The molecule has 35 heavy (non-hydrogen) atoms. The normalized spacial score (nSPS) is 20.8. The number of rotatable bonds is 10. The Morgan fingerprint density at radius 1 is 1.29 bits per heavy atom. The van der Waals surface area contributed by atoms with E-state index in [1.54, 1.807) is 12.1 Å². The monoisotopic (exact) mass is 505 g/mol. The number of ether oxygens (including phenoxy) is 2. The predicted octanol–water partition coefficient (Wildman–Crippen LogP) is 1.10. The summed E-state index contributed by atoms with van der Waals surface area (Å²) in [5.41, 5.74) is 0.996. The van der Waals surface area contributed by atoms with Gasteiger partial charge in [0.05, 0.1) is 17.1 Å². The maximum Gasteiger partial charge on any atom is 0.240 e. The van der Waals surface area contributed by atoms with Gasteiger partial charge < -0.3 is 24.8 Å². The van der Waals surface area contributed by atoms with Gasteiger partial charge in [0.1, 0.15) is 18.5 Å². The van der Waals surface area contributed by atoms with E-state index in [-0.39, 0.29) is 23.1 Å². The van der Waals surface area contributed by atoms with E-state index in [1.807, 2.05) is 12.4 Å². The van der Waals surface area contributed by atoms with Gasteiger partial charge >= 0.3 is 0 Å². The SMILES string of the molecule is CCc1cnc(N2CCC3(CC2)CC(NC[C@H](O)COc2cccc(S(=O)(=O)NC)c2)CO3)nc1. The molecule has 2 aliphatic heterocycles. The minimum Gasteiger partial charge on any atom is -0.491 e. The second-order valence-corrected chi connectivity index (χ2v) is 11.1. The van der Waals surface area contributed by atoms with Gasteiger partial charge in [0, 0.05) is 44.1 Å². The van der Waals surface area contributed by atoms with Crippen molar-refractivity contribution in [1.29, 1.82) is 0 Å². The number of aryl methyl sites for hydroxylation is 1. The van der Waals surface area contributed by atoms with Gasteiger partial charge in [-0.3, -0.25) is 0 Å². The van der Waals surface area contributed by atoms with Crippen LogP contribution >= 0.6 is 0 Å². The molecule has 0 amide bonds. The number of aliphatic hydroxyl groups excluding tert-OH is 1. The Morgan fingerprint density at radius 2 is 2.03 bits per heavy atom. The average Bonchev–Trinajstić information content (AvgIpc) is 3.29. The van der Waals surface area contributed by atoms with Crippen molar-refractivity contribution in [2.45, 2.75) is 55.2 Å². The summed E-state index contributed by atoms with van der Waals surface area (Å²) >= 11 is 0. The quantitative estimate of drug-likeness (QED) is 0.435. The number of aliphatic hydroxyl groups is 1. The largest absolute Gasteiger partial charge is 0.491 e. The highest BCUT2D eigenvalue weighted by Gasteiger charge is 2.43. The van der Waals surface area contributed by atoms with Crippen molar-refractivity contribution >= 4 is 16.0 Å². The molecule has 1 unspecified atom stereocenters. The van der Waals surface area contributed by atoms with Crippen LogP contribution in [0.2, 0.25) is 0 Å². The van der Waals surface area contributed by atoms with Gasteiger partial charge in [0.2, 0.25) is 16.0 Å². The first kappa shape index (κ1) is 25.8. The summed E-state index contributed by atoms with van der Waals surface area (Å²) in [7, 11) is -2.19. The Morgan fingerprint density at radius 3 is 2.71 bits per heavy atom. The second-order valence-electron chi connectivity index (χ2n) is 9.18. The van der Waals surface area contributed by atoms with Gasteiger partial charge in [-0.05, 0) is 50.4 Å². The zero-order valence-electron chi connectivity index (χ0n) is 20.3. The predicted molar refractivity (Wildman–Crippen MR) is 132 cm³/mol. The summed E-state index contributed by atoms with van der Waals surface area (Å²) in [6.07, 6.45) is 6.72. The van der Waals surface area contributed by atoms with Crippen LogP contribution < -0.4 is 19.7 Å². The second kappa shape index (κ2) is 11.2. The minimum atomic E-state index is -3.55. The lowest BCUT2D eigenvalue weighted by atomic mass is 9.87. The van der Waals surface area contributed by atoms with E-state index in [0.29, 0.717) is 18.9 Å². The zero-order chi connectivity index (χ0) is 24.9. The average molecular weight is 506 g/mol. The Hall–Kier alpha value is -2.31. The number of anilines is 1. The van der Waals surface area contributed by atoms with Crippen molar-refractivity contribution in [3.8, 4) is 5.75 Å². The van der Waals surface area contributed by atoms with Crippen molar-refractivity contribution < 1.29 is 23.0 Å². The van der Waals surface area contributed by atoms with Crippen LogP contribution in [0.1, 0.15) is 31.7 Å². The lowest BCUT2D eigenvalue weighted by molar-refractivity contribution is -0.0152. The molecule has 2 fully saturated rings. The van der Waals surface area contributed by atoms with E-state index in [1.165, 1.54) is 19.2 Å². The fourth-order valence-corrected chi connectivity index (χ4v) is 5.30. The van der Waals surface area contributed by atoms with Crippen LogP contribution in [0.3, 0.4) is 0 Å². The molecular formula is C24H35N5O5S. The summed E-state index contributed by atoms with van der Waals surface area (Å²) in [6.45, 7) is 4.84. The van der Waals surface area contributed by atoms with Crippen LogP contribution in [-0.2, 0) is 21.2 Å². The van der Waals surface area contributed by atoms with Crippen molar-refractivity contribution in [2.24, 2.45) is 0 Å². The zero-order valence-corrected chi connectivity index (χ0v) is 21.1. The number of nitrogens with one attached hydrogen (secondary N) is 2. The molecule has 1 aromatic carbocycles. The Balaban J connectivity index is 1.19. The molecule has 0 radical (unpaired) electrons. The van der Waals surface area contributed by atoms with E-state index >= 15 is 0 Å². The van der Waals surface area contributed by atoms with Gasteiger partial charge in [0.25, 0.3) is 0 Å². The Kier molecular flexibility index (Phi) is 8.23. The topological polar surface area (TPSA) is 126 Å². The van der Waals surface area contributed by atoms with Gasteiger partial charge in [-0.2, -0.15) is 0 Å². The molecule has 2 aromatic rings. The number of hydrogen-bond donors (Lipinski definition) is 3. The molecule has 0 aliphatic carbocycles. The highest BCUT2D eigenvalue weighted by Crippen LogP contribution is 2.36. The summed E-state index contributed by atoms with van der Waals surface area (Å²) in [5, 5.41) is 13.8. The van der Waals surface area contributed by atoms with Crippen molar-refractivity contribution in [2.75, 3.05) is 44.8 Å². The molecule has 1 spiro atoms. The van der Waals surface area contributed by atoms with Crippen LogP contribution in [-0.4, -0.2) is 81.1 Å². The maximum atomic E-state index is 11.9. The molecule has 4 rings (SSSR count). The van der Waals surface area contributed by atoms with E-state index in [0.717, 1.165) is 50.3 Å². The molecule has 0 bridgehead atoms. The number of benzene rings is 1. The lowest BCUT2D eigenvalue weighted by Gasteiger charge is -2.38. The summed E-state index contributed by atoms with van der Waals surface area (Å²) in [4.78, 5) is 11.3. The molecule has 11 heteroatoms. The Labute approximate surface area is 207 Å². The number of piperidine rings is 1. The van der Waals surface area contributed by atoms with Crippen LogP contribution in [0.15, 0.2) is 41.6 Å². The summed E-state index contributed by atoms with van der Waals surface area (Å²) < 4.78 is 38.0. The van der Waals surface area contributed by atoms with Gasteiger partial charge in [-0.1, -0.05) is 13.0 Å². The first-order chi connectivity index (χ1) is 16.8. The van der Waals surface area contributed by atoms with Crippen molar-refractivity contribution in [3.05, 3.63) is 42.2 Å². The molecule has 2 saturated heterocycles. The molecule has 10 nitrogen and oxygen atoms in total. The van der Waals surface area contributed by atoms with E-state index in [2.05, 4.69) is 31.8 Å². The molecule has 1 aromatic heterocycles. The summed E-state index contributed by atoms with van der Waals surface area (Å²) in [6, 6.07) is 6.37. The first-order valence-electron chi connectivity index (χ1n) is 12.1. The first-order valence-corrected chi connectivity index (χ1v) is 13.6.